The van der Waals surface area contributed by atoms with Gasteiger partial charge in [0.25, 0.3) is 11.8 Å². The van der Waals surface area contributed by atoms with Gasteiger partial charge in [0.1, 0.15) is 5.75 Å². The molecule has 6 heteroatoms. The monoisotopic (exact) mass is 386 g/mol. The molecule has 1 aliphatic heterocycles. The van der Waals surface area contributed by atoms with Crippen molar-refractivity contribution in [1.82, 2.24) is 9.80 Å². The van der Waals surface area contributed by atoms with Crippen LogP contribution in [-0.2, 0) is 11.2 Å². The quantitative estimate of drug-likeness (QED) is 0.764. The minimum atomic E-state index is -0.0296. The van der Waals surface area contributed by atoms with Crippen LogP contribution in [0.5, 0.6) is 5.75 Å². The molecule has 1 fully saturated rings. The molecule has 2 aromatic rings. The average Bonchev–Trinajstić information content (AvgIpc) is 3.11. The van der Waals surface area contributed by atoms with Crippen LogP contribution >= 0.6 is 11.3 Å². The van der Waals surface area contributed by atoms with E-state index in [1.165, 1.54) is 16.9 Å². The van der Waals surface area contributed by atoms with E-state index in [0.717, 1.165) is 24.1 Å². The van der Waals surface area contributed by atoms with Crippen LogP contribution in [0.2, 0.25) is 0 Å². The fourth-order valence-electron chi connectivity index (χ4n) is 3.20. The van der Waals surface area contributed by atoms with E-state index in [4.69, 9.17) is 4.74 Å². The molecule has 0 radical (unpaired) electrons. The third-order valence-corrected chi connectivity index (χ3v) is 5.55. The fourth-order valence-corrected chi connectivity index (χ4v) is 3.89. The number of ether oxygens (including phenoxy) is 1. The highest BCUT2D eigenvalue weighted by Gasteiger charge is 2.23. The van der Waals surface area contributed by atoms with Crippen LogP contribution in [0.15, 0.2) is 41.8 Å². The summed E-state index contributed by atoms with van der Waals surface area (Å²) in [5.74, 6) is 0.744. The molecule has 1 aromatic heterocycles. The molecule has 27 heavy (non-hydrogen) atoms. The summed E-state index contributed by atoms with van der Waals surface area (Å²) >= 11 is 1.46. The number of hydrogen-bond donors (Lipinski definition) is 0. The highest BCUT2D eigenvalue weighted by molar-refractivity contribution is 7.12. The number of aryl methyl sites for hydroxylation is 1. The van der Waals surface area contributed by atoms with Crippen molar-refractivity contribution in [2.24, 2.45) is 0 Å². The summed E-state index contributed by atoms with van der Waals surface area (Å²) in [6, 6.07) is 11.7. The van der Waals surface area contributed by atoms with Crippen molar-refractivity contribution in [2.45, 2.75) is 26.2 Å². The number of carbonyl (C=O) groups is 2. The molecule has 5 nitrogen and oxygen atoms in total. The predicted molar refractivity (Wildman–Crippen MR) is 107 cm³/mol. The lowest BCUT2D eigenvalue weighted by Crippen LogP contribution is -2.39. The van der Waals surface area contributed by atoms with E-state index in [1.54, 1.807) is 4.90 Å². The summed E-state index contributed by atoms with van der Waals surface area (Å²) in [4.78, 5) is 29.4. The van der Waals surface area contributed by atoms with Gasteiger partial charge in [0.15, 0.2) is 6.61 Å². The SMILES string of the molecule is CCCc1ccc(OCC(=O)N2CCCN(C(=O)c3cccs3)CC2)cc1. The minimum Gasteiger partial charge on any atom is -0.484 e. The van der Waals surface area contributed by atoms with Crippen molar-refractivity contribution in [2.75, 3.05) is 32.8 Å². The van der Waals surface area contributed by atoms with E-state index in [-0.39, 0.29) is 18.4 Å². The lowest BCUT2D eigenvalue weighted by Gasteiger charge is -2.22. The number of benzene rings is 1. The number of amides is 2. The van der Waals surface area contributed by atoms with Gasteiger partial charge in [-0.3, -0.25) is 9.59 Å². The molecular formula is C21H26N2O3S. The molecule has 0 unspecified atom stereocenters. The summed E-state index contributed by atoms with van der Waals surface area (Å²) < 4.78 is 5.66. The van der Waals surface area contributed by atoms with Crippen LogP contribution in [-0.4, -0.2) is 54.4 Å². The van der Waals surface area contributed by atoms with E-state index in [0.29, 0.717) is 31.9 Å². The zero-order valence-electron chi connectivity index (χ0n) is 15.7. The molecule has 2 amide bonds. The normalized spacial score (nSPS) is 14.7. The summed E-state index contributed by atoms with van der Waals surface area (Å²) in [5.41, 5.74) is 1.28. The van der Waals surface area contributed by atoms with Crippen LogP contribution in [0, 0.1) is 0 Å². The van der Waals surface area contributed by atoms with Gasteiger partial charge < -0.3 is 14.5 Å². The van der Waals surface area contributed by atoms with Crippen molar-refractivity contribution >= 4 is 23.2 Å². The predicted octanol–water partition coefficient (Wildman–Crippen LogP) is 3.45. The molecule has 0 bridgehead atoms. The third-order valence-electron chi connectivity index (χ3n) is 4.69. The van der Waals surface area contributed by atoms with Gasteiger partial charge in [-0.1, -0.05) is 31.5 Å². The number of rotatable bonds is 6. The second-order valence-corrected chi connectivity index (χ2v) is 7.63. The maximum atomic E-state index is 12.5. The van der Waals surface area contributed by atoms with Crippen LogP contribution in [0.1, 0.15) is 35.0 Å². The molecule has 0 spiro atoms. The molecule has 0 N–H and O–H groups in total. The average molecular weight is 387 g/mol. The highest BCUT2D eigenvalue weighted by atomic mass is 32.1. The van der Waals surface area contributed by atoms with Crippen LogP contribution < -0.4 is 4.74 Å². The molecule has 0 saturated carbocycles. The first-order valence-electron chi connectivity index (χ1n) is 9.49. The number of hydrogen-bond acceptors (Lipinski definition) is 4. The third kappa shape index (κ3) is 5.32. The summed E-state index contributed by atoms with van der Waals surface area (Å²) in [6.07, 6.45) is 2.95. The van der Waals surface area contributed by atoms with Crippen molar-refractivity contribution in [3.8, 4) is 5.75 Å². The minimum absolute atomic E-state index is 0.0296. The summed E-state index contributed by atoms with van der Waals surface area (Å²) in [7, 11) is 0. The zero-order chi connectivity index (χ0) is 19.1. The smallest absolute Gasteiger partial charge is 0.263 e. The Morgan fingerprint density at radius 2 is 1.78 bits per heavy atom. The maximum absolute atomic E-state index is 12.5. The maximum Gasteiger partial charge on any atom is 0.263 e. The standard InChI is InChI=1S/C21H26N2O3S/c1-2-5-17-7-9-18(10-8-17)26-16-20(24)22-11-4-12-23(14-13-22)21(25)19-6-3-15-27-19/h3,6-10,15H,2,4-5,11-14,16H2,1H3. The van der Waals surface area contributed by atoms with E-state index < -0.39 is 0 Å². The fraction of sp³-hybridized carbons (Fsp3) is 0.429. The van der Waals surface area contributed by atoms with Gasteiger partial charge in [0.05, 0.1) is 4.88 Å². The van der Waals surface area contributed by atoms with Crippen molar-refractivity contribution in [3.05, 3.63) is 52.2 Å². The van der Waals surface area contributed by atoms with Gasteiger partial charge in [-0.15, -0.1) is 11.3 Å². The van der Waals surface area contributed by atoms with Gasteiger partial charge in [0.2, 0.25) is 0 Å². The Morgan fingerprint density at radius 3 is 2.48 bits per heavy atom. The van der Waals surface area contributed by atoms with Crippen molar-refractivity contribution in [3.63, 3.8) is 0 Å². The first kappa shape index (κ1) is 19.4. The van der Waals surface area contributed by atoms with Gasteiger partial charge in [-0.2, -0.15) is 0 Å². The first-order valence-corrected chi connectivity index (χ1v) is 10.4. The largest absolute Gasteiger partial charge is 0.484 e. The van der Waals surface area contributed by atoms with E-state index in [9.17, 15) is 9.59 Å². The molecule has 2 heterocycles. The topological polar surface area (TPSA) is 49.9 Å². The molecule has 1 aromatic carbocycles. The molecule has 0 atom stereocenters. The Labute approximate surface area is 164 Å². The lowest BCUT2D eigenvalue weighted by atomic mass is 10.1. The Hall–Kier alpha value is -2.34. The first-order chi connectivity index (χ1) is 13.2. The molecule has 0 aliphatic carbocycles. The van der Waals surface area contributed by atoms with Crippen molar-refractivity contribution in [1.29, 1.82) is 0 Å². The molecule has 1 aliphatic rings. The summed E-state index contributed by atoms with van der Waals surface area (Å²) in [5, 5.41) is 1.91. The van der Waals surface area contributed by atoms with Crippen LogP contribution in [0.4, 0.5) is 0 Å². The number of carbonyl (C=O) groups excluding carboxylic acids is 2. The Kier molecular flexibility index (Phi) is 6.87. The van der Waals surface area contributed by atoms with Gasteiger partial charge in [-0.05, 0) is 42.0 Å². The molecule has 3 rings (SSSR count). The van der Waals surface area contributed by atoms with E-state index in [2.05, 4.69) is 6.92 Å². The van der Waals surface area contributed by atoms with E-state index in [1.807, 2.05) is 46.7 Å². The van der Waals surface area contributed by atoms with Gasteiger partial charge >= 0.3 is 0 Å². The van der Waals surface area contributed by atoms with E-state index >= 15 is 0 Å². The number of thiophene rings is 1. The Balaban J connectivity index is 1.48. The number of nitrogens with zero attached hydrogens (tertiary/aromatic N) is 2. The Morgan fingerprint density at radius 1 is 1.04 bits per heavy atom. The van der Waals surface area contributed by atoms with Crippen LogP contribution in [0.3, 0.4) is 0 Å². The molecule has 1 saturated heterocycles. The highest BCUT2D eigenvalue weighted by Crippen LogP contribution is 2.15. The molecule has 144 valence electrons. The van der Waals surface area contributed by atoms with Gasteiger partial charge in [0, 0.05) is 26.2 Å². The van der Waals surface area contributed by atoms with Gasteiger partial charge in [-0.25, -0.2) is 0 Å². The molecular weight excluding hydrogens is 360 g/mol. The second-order valence-electron chi connectivity index (χ2n) is 6.69. The van der Waals surface area contributed by atoms with Crippen LogP contribution in [0.25, 0.3) is 0 Å². The second kappa shape index (κ2) is 9.55. The summed E-state index contributed by atoms with van der Waals surface area (Å²) in [6.45, 7) is 4.64. The zero-order valence-corrected chi connectivity index (χ0v) is 16.5. The Bertz CT molecular complexity index is 743. The van der Waals surface area contributed by atoms with Crippen molar-refractivity contribution < 1.29 is 14.3 Å². The lowest BCUT2D eigenvalue weighted by molar-refractivity contribution is -0.133.